The van der Waals surface area contributed by atoms with Crippen LogP contribution in [0.3, 0.4) is 0 Å². The molecule has 0 saturated heterocycles. The smallest absolute Gasteiger partial charge is 0.149 e. The quantitative estimate of drug-likeness (QED) is 0.830. The molecular weight excluding hydrogens is 222 g/mol. The third-order valence-electron chi connectivity index (χ3n) is 4.29. The number of hydrogen-bond acceptors (Lipinski definition) is 2. The molecule has 3 heteroatoms. The molecule has 0 spiro atoms. The first-order valence-corrected chi connectivity index (χ1v) is 6.81. The maximum Gasteiger partial charge on any atom is 0.149 e. The molecule has 3 nitrogen and oxygen atoms in total. The fraction of sp³-hybridized carbons (Fsp3) is 0.400. The average molecular weight is 239 g/mol. The van der Waals surface area contributed by atoms with Gasteiger partial charge in [0.25, 0.3) is 0 Å². The summed E-state index contributed by atoms with van der Waals surface area (Å²) in [4.78, 5) is 0. The molecule has 0 atom stereocenters. The number of nitrogens with zero attached hydrogens (tertiary/aromatic N) is 2. The van der Waals surface area contributed by atoms with E-state index in [1.807, 2.05) is 0 Å². The van der Waals surface area contributed by atoms with E-state index in [2.05, 4.69) is 28.0 Å². The molecule has 2 N–H and O–H groups in total. The van der Waals surface area contributed by atoms with Crippen LogP contribution in [0.25, 0.3) is 5.69 Å². The number of benzene rings is 1. The topological polar surface area (TPSA) is 43.8 Å². The predicted octanol–water partition coefficient (Wildman–Crippen LogP) is 2.43. The van der Waals surface area contributed by atoms with Gasteiger partial charge in [0.1, 0.15) is 5.82 Å². The minimum atomic E-state index is 0.725. The number of aryl methyl sites for hydroxylation is 2. The second-order valence-corrected chi connectivity index (χ2v) is 5.38. The molecule has 0 amide bonds. The van der Waals surface area contributed by atoms with Crippen LogP contribution in [0.5, 0.6) is 0 Å². The molecule has 2 aliphatic carbocycles. The van der Waals surface area contributed by atoms with E-state index in [0.717, 1.165) is 18.7 Å². The van der Waals surface area contributed by atoms with Gasteiger partial charge in [0, 0.05) is 11.3 Å². The molecule has 0 radical (unpaired) electrons. The first-order chi connectivity index (χ1) is 8.83. The van der Waals surface area contributed by atoms with Crippen molar-refractivity contribution in [1.82, 2.24) is 9.78 Å². The van der Waals surface area contributed by atoms with E-state index in [-0.39, 0.29) is 0 Å². The van der Waals surface area contributed by atoms with Crippen LogP contribution in [0.4, 0.5) is 5.82 Å². The zero-order chi connectivity index (χ0) is 12.1. The summed E-state index contributed by atoms with van der Waals surface area (Å²) in [5, 5.41) is 4.52. The van der Waals surface area contributed by atoms with Crippen molar-refractivity contribution in [1.29, 1.82) is 0 Å². The molecule has 92 valence electrons. The summed E-state index contributed by atoms with van der Waals surface area (Å²) in [5.41, 5.74) is 12.8. The highest BCUT2D eigenvalue weighted by atomic mass is 15.3. The summed E-state index contributed by atoms with van der Waals surface area (Å²) < 4.78 is 2.07. The SMILES string of the molecule is Nc1nn(-c2ccc3c(c2)CCC3)c2c1CCC2. The van der Waals surface area contributed by atoms with Crippen molar-refractivity contribution in [3.05, 3.63) is 40.6 Å². The van der Waals surface area contributed by atoms with E-state index in [0.29, 0.717) is 0 Å². The average Bonchev–Trinajstić information content (AvgIpc) is 3.06. The molecule has 1 aromatic heterocycles. The van der Waals surface area contributed by atoms with Crippen LogP contribution >= 0.6 is 0 Å². The number of hydrogen-bond donors (Lipinski definition) is 1. The molecule has 0 bridgehead atoms. The fourth-order valence-electron chi connectivity index (χ4n) is 3.37. The molecule has 2 aliphatic rings. The molecule has 2 aromatic rings. The highest BCUT2D eigenvalue weighted by molar-refractivity contribution is 5.51. The van der Waals surface area contributed by atoms with Crippen molar-refractivity contribution in [2.24, 2.45) is 0 Å². The number of anilines is 1. The van der Waals surface area contributed by atoms with Crippen molar-refractivity contribution in [3.8, 4) is 5.69 Å². The Morgan fingerprint density at radius 3 is 2.78 bits per heavy atom. The summed E-state index contributed by atoms with van der Waals surface area (Å²) in [6, 6.07) is 6.75. The second kappa shape index (κ2) is 3.61. The van der Waals surface area contributed by atoms with Crippen molar-refractivity contribution in [2.75, 3.05) is 5.73 Å². The Morgan fingerprint density at radius 1 is 1.00 bits per heavy atom. The van der Waals surface area contributed by atoms with Gasteiger partial charge >= 0.3 is 0 Å². The van der Waals surface area contributed by atoms with Gasteiger partial charge in [-0.3, -0.25) is 0 Å². The highest BCUT2D eigenvalue weighted by Gasteiger charge is 2.22. The van der Waals surface area contributed by atoms with E-state index in [1.54, 1.807) is 0 Å². The van der Waals surface area contributed by atoms with E-state index >= 15 is 0 Å². The lowest BCUT2D eigenvalue weighted by Crippen LogP contribution is -2.02. The zero-order valence-electron chi connectivity index (χ0n) is 10.4. The standard InChI is InChI=1S/C15H17N3/c16-15-13-5-2-6-14(13)18(17-15)12-8-7-10-3-1-4-11(10)9-12/h7-9H,1-6H2,(H2,16,17). The van der Waals surface area contributed by atoms with Gasteiger partial charge in [-0.05, 0) is 61.8 Å². The third kappa shape index (κ3) is 1.33. The highest BCUT2D eigenvalue weighted by Crippen LogP contribution is 2.30. The normalized spacial score (nSPS) is 16.9. The van der Waals surface area contributed by atoms with Crippen LogP contribution in [-0.2, 0) is 25.7 Å². The molecular formula is C15H17N3. The number of fused-ring (bicyclic) bond motifs is 2. The summed E-state index contributed by atoms with van der Waals surface area (Å²) in [6.07, 6.45) is 7.14. The van der Waals surface area contributed by atoms with Crippen LogP contribution in [0.1, 0.15) is 35.2 Å². The van der Waals surface area contributed by atoms with Crippen molar-refractivity contribution >= 4 is 5.82 Å². The minimum Gasteiger partial charge on any atom is -0.382 e. The van der Waals surface area contributed by atoms with Crippen LogP contribution in [0.15, 0.2) is 18.2 Å². The van der Waals surface area contributed by atoms with E-state index in [1.165, 1.54) is 53.8 Å². The fourth-order valence-corrected chi connectivity index (χ4v) is 3.37. The summed E-state index contributed by atoms with van der Waals surface area (Å²) >= 11 is 0. The Labute approximate surface area is 107 Å². The lowest BCUT2D eigenvalue weighted by atomic mass is 10.1. The summed E-state index contributed by atoms with van der Waals surface area (Å²) in [6.45, 7) is 0. The number of nitrogens with two attached hydrogens (primary N) is 1. The minimum absolute atomic E-state index is 0.725. The molecule has 0 fully saturated rings. The Balaban J connectivity index is 1.86. The number of nitrogen functional groups attached to an aromatic ring is 1. The van der Waals surface area contributed by atoms with Crippen LogP contribution in [0, 0.1) is 0 Å². The molecule has 0 saturated carbocycles. The molecule has 0 aliphatic heterocycles. The van der Waals surface area contributed by atoms with Crippen molar-refractivity contribution < 1.29 is 0 Å². The zero-order valence-corrected chi connectivity index (χ0v) is 10.4. The Kier molecular flexibility index (Phi) is 2.04. The van der Waals surface area contributed by atoms with Gasteiger partial charge < -0.3 is 5.73 Å². The monoisotopic (exact) mass is 239 g/mol. The van der Waals surface area contributed by atoms with Gasteiger partial charge in [0.15, 0.2) is 0 Å². The lowest BCUT2D eigenvalue weighted by Gasteiger charge is -2.07. The maximum absolute atomic E-state index is 6.01. The Bertz CT molecular complexity index is 625. The third-order valence-corrected chi connectivity index (χ3v) is 4.29. The van der Waals surface area contributed by atoms with Crippen LogP contribution < -0.4 is 5.73 Å². The van der Waals surface area contributed by atoms with Crippen molar-refractivity contribution in [2.45, 2.75) is 38.5 Å². The number of rotatable bonds is 1. The van der Waals surface area contributed by atoms with Crippen molar-refractivity contribution in [3.63, 3.8) is 0 Å². The molecule has 4 rings (SSSR count). The Morgan fingerprint density at radius 2 is 1.83 bits per heavy atom. The second-order valence-electron chi connectivity index (χ2n) is 5.38. The van der Waals surface area contributed by atoms with Gasteiger partial charge in [-0.2, -0.15) is 5.10 Å². The molecule has 18 heavy (non-hydrogen) atoms. The van der Waals surface area contributed by atoms with E-state index < -0.39 is 0 Å². The lowest BCUT2D eigenvalue weighted by molar-refractivity contribution is 0.787. The first kappa shape index (κ1) is 10.2. The predicted molar refractivity (Wildman–Crippen MR) is 72.0 cm³/mol. The van der Waals surface area contributed by atoms with Crippen LogP contribution in [-0.4, -0.2) is 9.78 Å². The molecule has 1 aromatic carbocycles. The largest absolute Gasteiger partial charge is 0.382 e. The molecule has 0 unspecified atom stereocenters. The van der Waals surface area contributed by atoms with Gasteiger partial charge in [-0.25, -0.2) is 4.68 Å². The maximum atomic E-state index is 6.01. The molecule has 1 heterocycles. The van der Waals surface area contributed by atoms with E-state index in [9.17, 15) is 0 Å². The summed E-state index contributed by atoms with van der Waals surface area (Å²) in [5.74, 6) is 0.725. The Hall–Kier alpha value is -1.77. The van der Waals surface area contributed by atoms with Crippen LogP contribution in [0.2, 0.25) is 0 Å². The van der Waals surface area contributed by atoms with E-state index in [4.69, 9.17) is 5.73 Å². The summed E-state index contributed by atoms with van der Waals surface area (Å²) in [7, 11) is 0. The van der Waals surface area contributed by atoms with Gasteiger partial charge in [0.05, 0.1) is 5.69 Å². The van der Waals surface area contributed by atoms with Gasteiger partial charge in [0.2, 0.25) is 0 Å². The first-order valence-electron chi connectivity index (χ1n) is 6.81. The number of aromatic nitrogens is 2. The van der Waals surface area contributed by atoms with Gasteiger partial charge in [-0.1, -0.05) is 6.07 Å². The van der Waals surface area contributed by atoms with Gasteiger partial charge in [-0.15, -0.1) is 0 Å².